The van der Waals surface area contributed by atoms with Crippen LogP contribution in [0.4, 0.5) is 0 Å². The van der Waals surface area contributed by atoms with E-state index in [-0.39, 0.29) is 11.9 Å². The number of aromatic nitrogens is 1. The minimum absolute atomic E-state index is 0.142. The molecule has 1 saturated heterocycles. The van der Waals surface area contributed by atoms with E-state index < -0.39 is 0 Å². The van der Waals surface area contributed by atoms with Gasteiger partial charge in [0.15, 0.2) is 5.69 Å². The first-order chi connectivity index (χ1) is 10.2. The Bertz CT molecular complexity index is 613. The summed E-state index contributed by atoms with van der Waals surface area (Å²) in [7, 11) is 0. The van der Waals surface area contributed by atoms with Crippen LogP contribution in [-0.2, 0) is 6.54 Å². The largest absolute Gasteiger partial charge is 0.446 e. The monoisotopic (exact) mass is 285 g/mol. The Labute approximate surface area is 123 Å². The molecular weight excluding hydrogens is 266 g/mol. The van der Waals surface area contributed by atoms with E-state index in [1.165, 1.54) is 11.8 Å². The van der Waals surface area contributed by atoms with E-state index in [1.807, 2.05) is 31.2 Å². The van der Waals surface area contributed by atoms with Gasteiger partial charge in [0.2, 0.25) is 5.89 Å². The molecule has 2 N–H and O–H groups in total. The number of hydrogen-bond donors (Lipinski definition) is 2. The SMILES string of the molecule is Cc1ccc(CNC(=O)c2coc(C3CCCN3)n2)cc1. The molecule has 0 spiro atoms. The van der Waals surface area contributed by atoms with Crippen LogP contribution in [0.25, 0.3) is 0 Å². The summed E-state index contributed by atoms with van der Waals surface area (Å²) < 4.78 is 5.40. The fourth-order valence-corrected chi connectivity index (χ4v) is 2.43. The summed E-state index contributed by atoms with van der Waals surface area (Å²) in [6.07, 6.45) is 3.55. The molecule has 1 aliphatic heterocycles. The van der Waals surface area contributed by atoms with Crippen molar-refractivity contribution in [3.8, 4) is 0 Å². The Morgan fingerprint density at radius 1 is 1.43 bits per heavy atom. The quantitative estimate of drug-likeness (QED) is 0.905. The molecule has 5 nitrogen and oxygen atoms in total. The summed E-state index contributed by atoms with van der Waals surface area (Å²) in [4.78, 5) is 16.3. The minimum Gasteiger partial charge on any atom is -0.446 e. The third-order valence-electron chi connectivity index (χ3n) is 3.69. The van der Waals surface area contributed by atoms with Gasteiger partial charge in [-0.05, 0) is 31.9 Å². The van der Waals surface area contributed by atoms with Crippen LogP contribution in [0.3, 0.4) is 0 Å². The summed E-state index contributed by atoms with van der Waals surface area (Å²) >= 11 is 0. The van der Waals surface area contributed by atoms with E-state index >= 15 is 0 Å². The molecule has 2 heterocycles. The maximum atomic E-state index is 12.1. The van der Waals surface area contributed by atoms with Crippen LogP contribution < -0.4 is 10.6 Å². The second kappa shape index (κ2) is 6.10. The molecule has 1 atom stereocenters. The van der Waals surface area contributed by atoms with Crippen LogP contribution >= 0.6 is 0 Å². The Morgan fingerprint density at radius 2 is 2.24 bits per heavy atom. The van der Waals surface area contributed by atoms with Gasteiger partial charge in [-0.15, -0.1) is 0 Å². The number of benzene rings is 1. The van der Waals surface area contributed by atoms with Crippen molar-refractivity contribution in [3.05, 3.63) is 53.2 Å². The number of hydrogen-bond acceptors (Lipinski definition) is 4. The Hall–Kier alpha value is -2.14. The summed E-state index contributed by atoms with van der Waals surface area (Å²) in [5.74, 6) is 0.400. The zero-order valence-electron chi connectivity index (χ0n) is 12.1. The van der Waals surface area contributed by atoms with Crippen molar-refractivity contribution in [1.29, 1.82) is 0 Å². The van der Waals surface area contributed by atoms with Crippen LogP contribution in [0.15, 0.2) is 34.9 Å². The molecule has 1 aromatic heterocycles. The van der Waals surface area contributed by atoms with Gasteiger partial charge in [0.05, 0.1) is 6.04 Å². The van der Waals surface area contributed by atoms with Crippen molar-refractivity contribution in [2.75, 3.05) is 6.54 Å². The Morgan fingerprint density at radius 3 is 2.95 bits per heavy atom. The molecule has 0 bridgehead atoms. The standard InChI is InChI=1S/C16H19N3O2/c1-11-4-6-12(7-5-11)9-18-15(20)14-10-21-16(19-14)13-3-2-8-17-13/h4-7,10,13,17H,2-3,8-9H2,1H3,(H,18,20). The molecular formula is C16H19N3O2. The molecule has 21 heavy (non-hydrogen) atoms. The number of nitrogens with zero attached hydrogens (tertiary/aromatic N) is 1. The van der Waals surface area contributed by atoms with Crippen molar-refractivity contribution >= 4 is 5.91 Å². The lowest BCUT2D eigenvalue weighted by Gasteiger charge is -2.04. The molecule has 0 saturated carbocycles. The number of amides is 1. The van der Waals surface area contributed by atoms with E-state index in [4.69, 9.17) is 4.42 Å². The normalized spacial score (nSPS) is 17.9. The topological polar surface area (TPSA) is 67.2 Å². The molecule has 1 fully saturated rings. The first-order valence-corrected chi connectivity index (χ1v) is 7.25. The van der Waals surface area contributed by atoms with Gasteiger partial charge in [-0.3, -0.25) is 4.79 Å². The molecule has 0 radical (unpaired) electrons. The average molecular weight is 285 g/mol. The third kappa shape index (κ3) is 3.31. The molecule has 1 unspecified atom stereocenters. The number of aryl methyl sites for hydroxylation is 1. The molecule has 110 valence electrons. The highest BCUT2D eigenvalue weighted by Gasteiger charge is 2.22. The minimum atomic E-state index is -0.205. The maximum Gasteiger partial charge on any atom is 0.273 e. The lowest BCUT2D eigenvalue weighted by atomic mass is 10.1. The number of oxazole rings is 1. The number of rotatable bonds is 4. The molecule has 1 aliphatic rings. The highest BCUT2D eigenvalue weighted by Crippen LogP contribution is 2.22. The van der Waals surface area contributed by atoms with Gasteiger partial charge in [0, 0.05) is 6.54 Å². The number of carbonyl (C=O) groups is 1. The first-order valence-electron chi connectivity index (χ1n) is 7.25. The summed E-state index contributed by atoms with van der Waals surface area (Å²) in [5, 5.41) is 6.16. The molecule has 5 heteroatoms. The smallest absolute Gasteiger partial charge is 0.273 e. The Kier molecular flexibility index (Phi) is 4.01. The number of nitrogens with one attached hydrogen (secondary N) is 2. The van der Waals surface area contributed by atoms with Crippen molar-refractivity contribution < 1.29 is 9.21 Å². The lowest BCUT2D eigenvalue weighted by Crippen LogP contribution is -2.23. The lowest BCUT2D eigenvalue weighted by molar-refractivity contribution is 0.0946. The molecule has 2 aromatic rings. The van der Waals surface area contributed by atoms with Gasteiger partial charge in [-0.1, -0.05) is 29.8 Å². The summed E-state index contributed by atoms with van der Waals surface area (Å²) in [6.45, 7) is 3.50. The van der Waals surface area contributed by atoms with Gasteiger partial charge < -0.3 is 15.1 Å². The summed E-state index contributed by atoms with van der Waals surface area (Å²) in [5.41, 5.74) is 2.61. The first kappa shape index (κ1) is 13.8. The van der Waals surface area contributed by atoms with Gasteiger partial charge in [-0.25, -0.2) is 4.98 Å². The number of carbonyl (C=O) groups excluding carboxylic acids is 1. The van der Waals surface area contributed by atoms with Gasteiger partial charge in [-0.2, -0.15) is 0 Å². The molecule has 1 aromatic carbocycles. The second-order valence-electron chi connectivity index (χ2n) is 5.39. The predicted octanol–water partition coefficient (Wildman–Crippen LogP) is 2.34. The maximum absolute atomic E-state index is 12.1. The van der Waals surface area contributed by atoms with Crippen LogP contribution in [-0.4, -0.2) is 17.4 Å². The fraction of sp³-hybridized carbons (Fsp3) is 0.375. The zero-order valence-corrected chi connectivity index (χ0v) is 12.1. The summed E-state index contributed by atoms with van der Waals surface area (Å²) in [6, 6.07) is 8.21. The van der Waals surface area contributed by atoms with Gasteiger partial charge in [0.1, 0.15) is 6.26 Å². The van der Waals surface area contributed by atoms with Crippen LogP contribution in [0.1, 0.15) is 46.4 Å². The Balaban J connectivity index is 1.59. The van der Waals surface area contributed by atoms with E-state index in [2.05, 4.69) is 15.6 Å². The van der Waals surface area contributed by atoms with E-state index in [9.17, 15) is 4.79 Å². The van der Waals surface area contributed by atoms with Crippen LogP contribution in [0, 0.1) is 6.92 Å². The van der Waals surface area contributed by atoms with Crippen LogP contribution in [0.2, 0.25) is 0 Å². The second-order valence-corrected chi connectivity index (χ2v) is 5.39. The highest BCUT2D eigenvalue weighted by molar-refractivity contribution is 5.91. The predicted molar refractivity (Wildman–Crippen MR) is 78.8 cm³/mol. The van der Waals surface area contributed by atoms with Crippen molar-refractivity contribution in [3.63, 3.8) is 0 Å². The van der Waals surface area contributed by atoms with Gasteiger partial charge >= 0.3 is 0 Å². The fourth-order valence-electron chi connectivity index (χ4n) is 2.43. The average Bonchev–Trinajstić information content (AvgIpc) is 3.17. The molecule has 1 amide bonds. The zero-order chi connectivity index (χ0) is 14.7. The molecule has 0 aliphatic carbocycles. The van der Waals surface area contributed by atoms with Crippen LogP contribution in [0.5, 0.6) is 0 Å². The van der Waals surface area contributed by atoms with Crippen molar-refractivity contribution in [2.24, 2.45) is 0 Å². The molecule has 3 rings (SSSR count). The van der Waals surface area contributed by atoms with Gasteiger partial charge in [0.25, 0.3) is 5.91 Å². The van der Waals surface area contributed by atoms with Crippen molar-refractivity contribution in [1.82, 2.24) is 15.6 Å². The van der Waals surface area contributed by atoms with E-state index in [1.54, 1.807) is 0 Å². The third-order valence-corrected chi connectivity index (χ3v) is 3.69. The van der Waals surface area contributed by atoms with E-state index in [0.717, 1.165) is 24.9 Å². The van der Waals surface area contributed by atoms with Crippen molar-refractivity contribution in [2.45, 2.75) is 32.4 Å². The van der Waals surface area contributed by atoms with E-state index in [0.29, 0.717) is 18.1 Å². The highest BCUT2D eigenvalue weighted by atomic mass is 16.3.